The highest BCUT2D eigenvalue weighted by Gasteiger charge is 2.08. The molecule has 1 heterocycles. The zero-order chi connectivity index (χ0) is 14.8. The molecule has 3 aromatic rings. The van der Waals surface area contributed by atoms with E-state index in [1.54, 1.807) is 10.6 Å². The van der Waals surface area contributed by atoms with E-state index >= 15 is 0 Å². The Kier molecular flexibility index (Phi) is 3.39. The summed E-state index contributed by atoms with van der Waals surface area (Å²) in [5.41, 5.74) is 8.84. The highest BCUT2D eigenvalue weighted by atomic mass is 16.5. The minimum absolute atomic E-state index is 0.367. The van der Waals surface area contributed by atoms with Crippen molar-refractivity contribution in [3.8, 4) is 5.75 Å². The van der Waals surface area contributed by atoms with Crippen LogP contribution in [0, 0.1) is 6.92 Å². The van der Waals surface area contributed by atoms with Gasteiger partial charge in [-0.1, -0.05) is 12.1 Å². The van der Waals surface area contributed by atoms with Crippen LogP contribution in [-0.4, -0.2) is 11.2 Å². The van der Waals surface area contributed by atoms with E-state index in [9.17, 15) is 4.79 Å². The topological polar surface area (TPSA) is 70.4 Å². The molecule has 2 aromatic carbocycles. The Hall–Kier alpha value is -2.69. The molecule has 0 saturated heterocycles. The fraction of sp³-hybridized carbons (Fsp3) is 0.188. The third-order valence-corrected chi connectivity index (χ3v) is 3.40. The highest BCUT2D eigenvalue weighted by Crippen LogP contribution is 2.18. The molecule has 0 atom stereocenters. The summed E-state index contributed by atoms with van der Waals surface area (Å²) in [4.78, 5) is 11.8. The summed E-state index contributed by atoms with van der Waals surface area (Å²) in [5.74, 6) is 0.371. The molecule has 0 saturated carbocycles. The third kappa shape index (κ3) is 2.63. The largest absolute Gasteiger partial charge is 0.492 e. The normalized spacial score (nSPS) is 10.9. The van der Waals surface area contributed by atoms with Crippen molar-refractivity contribution in [3.63, 3.8) is 0 Å². The van der Waals surface area contributed by atoms with Crippen LogP contribution in [0.3, 0.4) is 0 Å². The van der Waals surface area contributed by atoms with Gasteiger partial charge in [-0.05, 0) is 42.8 Å². The maximum atomic E-state index is 11.8. The molecule has 2 N–H and O–H groups in total. The van der Waals surface area contributed by atoms with Crippen molar-refractivity contribution >= 4 is 16.8 Å². The van der Waals surface area contributed by atoms with Crippen LogP contribution in [0.2, 0.25) is 0 Å². The number of fused-ring (bicyclic) bond motifs is 1. The molecule has 0 radical (unpaired) electrons. The smallest absolute Gasteiger partial charge is 0.420 e. The zero-order valence-corrected chi connectivity index (χ0v) is 11.7. The number of ether oxygens (including phenoxy) is 1. The highest BCUT2D eigenvalue weighted by molar-refractivity contribution is 5.72. The monoisotopic (exact) mass is 284 g/mol. The lowest BCUT2D eigenvalue weighted by atomic mass is 10.2. The van der Waals surface area contributed by atoms with Crippen molar-refractivity contribution < 1.29 is 9.15 Å². The lowest BCUT2D eigenvalue weighted by Crippen LogP contribution is -2.18. The average Bonchev–Trinajstić information content (AvgIpc) is 2.79. The summed E-state index contributed by atoms with van der Waals surface area (Å²) in [7, 11) is 0. The Balaban J connectivity index is 1.73. The van der Waals surface area contributed by atoms with Gasteiger partial charge in [-0.15, -0.1) is 0 Å². The Morgan fingerprint density at radius 3 is 2.86 bits per heavy atom. The predicted octanol–water partition coefficient (Wildman–Crippen LogP) is 2.56. The third-order valence-electron chi connectivity index (χ3n) is 3.40. The lowest BCUT2D eigenvalue weighted by molar-refractivity contribution is 0.294. The van der Waals surface area contributed by atoms with E-state index < -0.39 is 0 Å². The molecule has 5 heteroatoms. The van der Waals surface area contributed by atoms with Gasteiger partial charge in [0.15, 0.2) is 5.58 Å². The Morgan fingerprint density at radius 1 is 1.24 bits per heavy atom. The second-order valence-electron chi connectivity index (χ2n) is 4.85. The standard InChI is InChI=1S/C16H16N2O3/c1-11-10-12(6-7-13(11)17)20-9-8-18-14-4-2-3-5-15(14)21-16(18)19/h2-7,10H,8-9,17H2,1H3. The molecule has 1 aromatic heterocycles. The molecule has 108 valence electrons. The maximum Gasteiger partial charge on any atom is 0.420 e. The number of nitrogens with zero attached hydrogens (tertiary/aromatic N) is 1. The zero-order valence-electron chi connectivity index (χ0n) is 11.7. The molecule has 0 bridgehead atoms. The second-order valence-corrected chi connectivity index (χ2v) is 4.85. The number of benzene rings is 2. The van der Waals surface area contributed by atoms with Crippen molar-refractivity contribution in [2.75, 3.05) is 12.3 Å². The van der Waals surface area contributed by atoms with E-state index in [1.165, 1.54) is 0 Å². The van der Waals surface area contributed by atoms with Crippen LogP contribution in [0.4, 0.5) is 5.69 Å². The van der Waals surface area contributed by atoms with Crippen LogP contribution in [0.15, 0.2) is 51.7 Å². The molecule has 0 aliphatic carbocycles. The first-order valence-corrected chi connectivity index (χ1v) is 6.72. The first-order valence-electron chi connectivity index (χ1n) is 6.72. The van der Waals surface area contributed by atoms with Crippen LogP contribution in [0.25, 0.3) is 11.1 Å². The molecule has 0 fully saturated rings. The summed E-state index contributed by atoms with van der Waals surface area (Å²) in [5, 5.41) is 0. The fourth-order valence-electron chi connectivity index (χ4n) is 2.22. The molecule has 0 aliphatic rings. The van der Waals surface area contributed by atoms with Gasteiger partial charge in [0.2, 0.25) is 0 Å². The van der Waals surface area contributed by atoms with Gasteiger partial charge in [0.25, 0.3) is 0 Å². The number of hydrogen-bond donors (Lipinski definition) is 1. The van der Waals surface area contributed by atoms with Crippen LogP contribution in [0.1, 0.15) is 5.56 Å². The summed E-state index contributed by atoms with van der Waals surface area (Å²) in [6.07, 6.45) is 0. The van der Waals surface area contributed by atoms with Gasteiger partial charge < -0.3 is 14.9 Å². The number of hydrogen-bond acceptors (Lipinski definition) is 4. The lowest BCUT2D eigenvalue weighted by Gasteiger charge is -2.08. The van der Waals surface area contributed by atoms with Gasteiger partial charge in [-0.3, -0.25) is 4.57 Å². The van der Waals surface area contributed by atoms with E-state index in [0.29, 0.717) is 18.7 Å². The first-order chi connectivity index (χ1) is 10.1. The van der Waals surface area contributed by atoms with Gasteiger partial charge in [0.05, 0.1) is 12.1 Å². The summed E-state index contributed by atoms with van der Waals surface area (Å²) in [6.45, 7) is 2.74. The molecule has 0 spiro atoms. The van der Waals surface area contributed by atoms with E-state index in [4.69, 9.17) is 14.9 Å². The quantitative estimate of drug-likeness (QED) is 0.747. The fourth-order valence-corrected chi connectivity index (χ4v) is 2.22. The molecule has 0 unspecified atom stereocenters. The van der Waals surface area contributed by atoms with Gasteiger partial charge in [0.1, 0.15) is 12.4 Å². The van der Waals surface area contributed by atoms with Gasteiger partial charge in [-0.25, -0.2) is 4.79 Å². The van der Waals surface area contributed by atoms with E-state index in [-0.39, 0.29) is 5.76 Å². The molecule has 5 nitrogen and oxygen atoms in total. The maximum absolute atomic E-state index is 11.8. The Bertz CT molecular complexity index is 833. The van der Waals surface area contributed by atoms with Gasteiger partial charge in [0, 0.05) is 5.69 Å². The van der Waals surface area contributed by atoms with E-state index in [0.717, 1.165) is 22.5 Å². The van der Waals surface area contributed by atoms with Gasteiger partial charge >= 0.3 is 5.76 Å². The number of nitrogens with two attached hydrogens (primary N) is 1. The SMILES string of the molecule is Cc1cc(OCCn2c(=O)oc3ccccc32)ccc1N. The van der Waals surface area contributed by atoms with Crippen molar-refractivity contribution in [3.05, 3.63) is 58.6 Å². The predicted molar refractivity (Wildman–Crippen MR) is 81.6 cm³/mol. The molecular weight excluding hydrogens is 268 g/mol. The minimum atomic E-state index is -0.367. The molecule has 0 amide bonds. The van der Waals surface area contributed by atoms with Crippen molar-refractivity contribution in [2.45, 2.75) is 13.5 Å². The molecule has 0 aliphatic heterocycles. The molecule has 3 rings (SSSR count). The molecule has 21 heavy (non-hydrogen) atoms. The molecular formula is C16H16N2O3. The second kappa shape index (κ2) is 5.36. The van der Waals surface area contributed by atoms with Gasteiger partial charge in [-0.2, -0.15) is 0 Å². The number of para-hydroxylation sites is 2. The average molecular weight is 284 g/mol. The Morgan fingerprint density at radius 2 is 2.05 bits per heavy atom. The van der Waals surface area contributed by atoms with Crippen molar-refractivity contribution in [1.82, 2.24) is 4.57 Å². The number of aromatic nitrogens is 1. The number of rotatable bonds is 4. The van der Waals surface area contributed by atoms with E-state index in [1.807, 2.05) is 43.3 Å². The number of anilines is 1. The number of aryl methyl sites for hydroxylation is 1. The van der Waals surface area contributed by atoms with Crippen molar-refractivity contribution in [2.24, 2.45) is 0 Å². The summed E-state index contributed by atoms with van der Waals surface area (Å²) >= 11 is 0. The van der Waals surface area contributed by atoms with E-state index in [2.05, 4.69) is 0 Å². The summed E-state index contributed by atoms with van der Waals surface area (Å²) in [6, 6.07) is 12.8. The van der Waals surface area contributed by atoms with Crippen molar-refractivity contribution in [1.29, 1.82) is 0 Å². The summed E-state index contributed by atoms with van der Waals surface area (Å²) < 4.78 is 12.4. The number of nitrogen functional groups attached to an aromatic ring is 1. The number of oxazole rings is 1. The Labute approximate surface area is 121 Å². The van der Waals surface area contributed by atoms with Crippen LogP contribution in [0.5, 0.6) is 5.75 Å². The van der Waals surface area contributed by atoms with Crippen LogP contribution < -0.4 is 16.2 Å². The van der Waals surface area contributed by atoms with Crippen LogP contribution >= 0.6 is 0 Å². The minimum Gasteiger partial charge on any atom is -0.492 e. The first kappa shape index (κ1) is 13.3. The van der Waals surface area contributed by atoms with Crippen LogP contribution in [-0.2, 0) is 6.54 Å².